The number of fused-ring (bicyclic) bond motifs is 1. The van der Waals surface area contributed by atoms with Crippen molar-refractivity contribution in [1.29, 1.82) is 0 Å². The zero-order valence-corrected chi connectivity index (χ0v) is 16.5. The first-order valence-electron chi connectivity index (χ1n) is 9.81. The lowest BCUT2D eigenvalue weighted by atomic mass is 10.0. The highest BCUT2D eigenvalue weighted by Crippen LogP contribution is 2.31. The number of nitrogens with two attached hydrogens (primary N) is 2. The van der Waals surface area contributed by atoms with Crippen LogP contribution in [0.15, 0.2) is 0 Å². The van der Waals surface area contributed by atoms with E-state index in [1.54, 1.807) is 16.7 Å². The van der Waals surface area contributed by atoms with Crippen LogP contribution in [0.1, 0.15) is 52.9 Å². The van der Waals surface area contributed by atoms with E-state index in [0.717, 1.165) is 6.42 Å². The van der Waals surface area contributed by atoms with Crippen molar-refractivity contribution in [2.75, 3.05) is 13.1 Å². The number of hydrogen-bond donors (Lipinski definition) is 2. The zero-order valence-electron chi connectivity index (χ0n) is 16.5. The van der Waals surface area contributed by atoms with E-state index in [4.69, 9.17) is 11.5 Å². The molecule has 2 fully saturated rings. The first kappa shape index (κ1) is 21.3. The van der Waals surface area contributed by atoms with Gasteiger partial charge in [-0.3, -0.25) is 19.2 Å². The Bertz CT molecular complexity index is 607. The smallest absolute Gasteiger partial charge is 0.240 e. The van der Waals surface area contributed by atoms with Crippen LogP contribution in [-0.2, 0) is 19.2 Å². The fourth-order valence-electron chi connectivity index (χ4n) is 3.87. The number of nitrogens with zero attached hydrogens (tertiary/aromatic N) is 2. The number of likely N-dealkylation sites (tertiary alicyclic amines) is 2. The van der Waals surface area contributed by atoms with Crippen molar-refractivity contribution in [3.8, 4) is 0 Å². The van der Waals surface area contributed by atoms with Gasteiger partial charge >= 0.3 is 0 Å². The van der Waals surface area contributed by atoms with Crippen LogP contribution >= 0.6 is 0 Å². The van der Waals surface area contributed by atoms with E-state index in [1.807, 2.05) is 0 Å². The van der Waals surface area contributed by atoms with E-state index in [9.17, 15) is 19.2 Å². The minimum Gasteiger partial charge on any atom is -0.369 e. The molecule has 4 atom stereocenters. The molecule has 0 spiro atoms. The summed E-state index contributed by atoms with van der Waals surface area (Å²) in [6.07, 6.45) is 2.55. The lowest BCUT2D eigenvalue weighted by molar-refractivity contribution is -0.136. The Morgan fingerprint density at radius 3 is 2.37 bits per heavy atom. The monoisotopic (exact) mass is 380 g/mol. The predicted molar refractivity (Wildman–Crippen MR) is 100 cm³/mol. The average molecular weight is 380 g/mol. The van der Waals surface area contributed by atoms with Gasteiger partial charge in [0.15, 0.2) is 5.78 Å². The molecule has 2 aliphatic rings. The lowest BCUT2D eigenvalue weighted by Gasteiger charge is -2.26. The molecule has 8 nitrogen and oxygen atoms in total. The van der Waals surface area contributed by atoms with E-state index in [-0.39, 0.29) is 42.5 Å². The molecule has 8 heteroatoms. The zero-order chi connectivity index (χ0) is 20.3. The molecule has 0 saturated carbocycles. The average Bonchev–Trinajstić information content (AvgIpc) is 3.18. The fourth-order valence-corrected chi connectivity index (χ4v) is 3.87. The Balaban J connectivity index is 1.98. The molecule has 2 heterocycles. The number of ketones is 1. The van der Waals surface area contributed by atoms with Crippen molar-refractivity contribution < 1.29 is 19.2 Å². The van der Waals surface area contributed by atoms with Crippen molar-refractivity contribution in [1.82, 2.24) is 9.80 Å². The molecule has 4 unspecified atom stereocenters. The Hall–Kier alpha value is -1.96. The molecule has 2 saturated heterocycles. The van der Waals surface area contributed by atoms with Crippen LogP contribution in [0.3, 0.4) is 0 Å². The summed E-state index contributed by atoms with van der Waals surface area (Å²) in [7, 11) is 0. The molecule has 152 valence electrons. The van der Waals surface area contributed by atoms with Gasteiger partial charge in [-0.1, -0.05) is 20.8 Å². The molecular formula is C19H32N4O4. The van der Waals surface area contributed by atoms with Gasteiger partial charge in [-0.15, -0.1) is 0 Å². The summed E-state index contributed by atoms with van der Waals surface area (Å²) in [5, 5.41) is 0. The Kier molecular flexibility index (Phi) is 6.97. The lowest BCUT2D eigenvalue weighted by Crippen LogP contribution is -2.48. The third-order valence-corrected chi connectivity index (χ3v) is 5.67. The van der Waals surface area contributed by atoms with Gasteiger partial charge in [-0.25, -0.2) is 0 Å². The van der Waals surface area contributed by atoms with Crippen molar-refractivity contribution in [2.24, 2.45) is 23.3 Å². The van der Waals surface area contributed by atoms with Crippen LogP contribution < -0.4 is 11.5 Å². The molecule has 2 aliphatic heterocycles. The van der Waals surface area contributed by atoms with Gasteiger partial charge < -0.3 is 21.3 Å². The minimum atomic E-state index is -0.611. The van der Waals surface area contributed by atoms with Crippen LogP contribution in [0.5, 0.6) is 0 Å². The summed E-state index contributed by atoms with van der Waals surface area (Å²) in [5.74, 6) is -0.845. The molecule has 27 heavy (non-hydrogen) atoms. The van der Waals surface area contributed by atoms with Crippen molar-refractivity contribution in [2.45, 2.75) is 71.0 Å². The van der Waals surface area contributed by atoms with E-state index < -0.39 is 18.0 Å². The van der Waals surface area contributed by atoms with E-state index in [0.29, 0.717) is 31.7 Å². The number of carbonyl (C=O) groups excluding carboxylic acids is 4. The molecule has 0 aliphatic carbocycles. The highest BCUT2D eigenvalue weighted by Gasteiger charge is 2.51. The van der Waals surface area contributed by atoms with Crippen molar-refractivity contribution >= 4 is 23.5 Å². The Morgan fingerprint density at radius 2 is 1.78 bits per heavy atom. The largest absolute Gasteiger partial charge is 0.369 e. The first-order chi connectivity index (χ1) is 12.6. The molecule has 3 amide bonds. The number of Topliss-reactive ketones (excluding diaryl/α,β-unsaturated/α-hetero) is 1. The van der Waals surface area contributed by atoms with Gasteiger partial charge in [-0.05, 0) is 31.6 Å². The summed E-state index contributed by atoms with van der Waals surface area (Å²) >= 11 is 0. The van der Waals surface area contributed by atoms with Crippen LogP contribution in [0.25, 0.3) is 0 Å². The molecule has 2 rings (SSSR count). The van der Waals surface area contributed by atoms with E-state index >= 15 is 0 Å². The number of amides is 3. The number of carbonyl (C=O) groups is 4. The van der Waals surface area contributed by atoms with Crippen molar-refractivity contribution in [3.05, 3.63) is 0 Å². The molecule has 0 bridgehead atoms. The molecule has 0 aromatic rings. The normalized spacial score (nSPS) is 24.3. The second-order valence-electron chi connectivity index (χ2n) is 8.24. The second kappa shape index (κ2) is 8.82. The number of primary amides is 1. The molecule has 4 N–H and O–H groups in total. The summed E-state index contributed by atoms with van der Waals surface area (Å²) < 4.78 is 0. The van der Waals surface area contributed by atoms with Gasteiger partial charge in [0.25, 0.3) is 0 Å². The SMILES string of the molecule is CC(C)CCC(N)C(=O)N1CC(=O)C2C1CCN2C(=O)CCC(C)C(N)=O. The third kappa shape index (κ3) is 4.86. The minimum absolute atomic E-state index is 0.0189. The summed E-state index contributed by atoms with van der Waals surface area (Å²) in [4.78, 5) is 52.0. The van der Waals surface area contributed by atoms with Crippen LogP contribution in [0.2, 0.25) is 0 Å². The third-order valence-electron chi connectivity index (χ3n) is 5.67. The first-order valence-corrected chi connectivity index (χ1v) is 9.81. The van der Waals surface area contributed by atoms with Gasteiger partial charge in [0.2, 0.25) is 17.7 Å². The summed E-state index contributed by atoms with van der Waals surface area (Å²) in [6.45, 7) is 6.29. The molecule has 0 aromatic heterocycles. The molecule has 0 radical (unpaired) electrons. The van der Waals surface area contributed by atoms with Crippen LogP contribution in [0, 0.1) is 11.8 Å². The molecular weight excluding hydrogens is 348 g/mol. The second-order valence-corrected chi connectivity index (χ2v) is 8.24. The van der Waals surface area contributed by atoms with E-state index in [2.05, 4.69) is 13.8 Å². The van der Waals surface area contributed by atoms with Crippen LogP contribution in [-0.4, -0.2) is 64.5 Å². The summed E-state index contributed by atoms with van der Waals surface area (Å²) in [6, 6.07) is -1.48. The number of rotatable bonds is 8. The van der Waals surface area contributed by atoms with Crippen LogP contribution in [0.4, 0.5) is 0 Å². The summed E-state index contributed by atoms with van der Waals surface area (Å²) in [5.41, 5.74) is 11.3. The standard InChI is InChI=1S/C19H32N4O4/c1-11(2)4-6-13(20)19(27)23-10-15(24)17-14(23)8-9-22(17)16(25)7-5-12(3)18(21)26/h11-14,17H,4-10,20H2,1-3H3,(H2,21,26). The topological polar surface area (TPSA) is 127 Å². The maximum Gasteiger partial charge on any atom is 0.240 e. The maximum absolute atomic E-state index is 12.7. The Morgan fingerprint density at radius 1 is 1.11 bits per heavy atom. The Labute approximate surface area is 160 Å². The fraction of sp³-hybridized carbons (Fsp3) is 0.789. The highest BCUT2D eigenvalue weighted by atomic mass is 16.2. The highest BCUT2D eigenvalue weighted by molar-refractivity contribution is 5.98. The van der Waals surface area contributed by atoms with Gasteiger partial charge in [0.1, 0.15) is 6.04 Å². The quantitative estimate of drug-likeness (QED) is 0.614. The predicted octanol–water partition coefficient (Wildman–Crippen LogP) is 0.0323. The van der Waals surface area contributed by atoms with Gasteiger partial charge in [0.05, 0.1) is 18.6 Å². The maximum atomic E-state index is 12.7. The van der Waals surface area contributed by atoms with E-state index in [1.165, 1.54) is 0 Å². The number of hydrogen-bond acceptors (Lipinski definition) is 5. The molecule has 0 aromatic carbocycles. The van der Waals surface area contributed by atoms with Gasteiger partial charge in [0, 0.05) is 18.9 Å². The van der Waals surface area contributed by atoms with Gasteiger partial charge in [-0.2, -0.15) is 0 Å². The van der Waals surface area contributed by atoms with Crippen molar-refractivity contribution in [3.63, 3.8) is 0 Å².